The van der Waals surface area contributed by atoms with Gasteiger partial charge in [0.1, 0.15) is 0 Å². The third-order valence-corrected chi connectivity index (χ3v) is 3.90. The summed E-state index contributed by atoms with van der Waals surface area (Å²) in [6.07, 6.45) is 3.14. The highest BCUT2D eigenvalue weighted by Gasteiger charge is 2.24. The third-order valence-electron chi connectivity index (χ3n) is 3.10. The molecular weight excluding hydrogens is 228 g/mol. The van der Waals surface area contributed by atoms with Crippen molar-refractivity contribution < 1.29 is 0 Å². The summed E-state index contributed by atoms with van der Waals surface area (Å²) in [4.78, 5) is 5.56. The molecule has 0 saturated heterocycles. The molecule has 0 amide bonds. The number of nitrogens with one attached hydrogen (secondary N) is 1. The van der Waals surface area contributed by atoms with E-state index in [9.17, 15) is 0 Å². The first kappa shape index (κ1) is 14.7. The van der Waals surface area contributed by atoms with Crippen molar-refractivity contribution in [3.8, 4) is 0 Å². The van der Waals surface area contributed by atoms with Crippen LogP contribution in [-0.2, 0) is 6.42 Å². The molecule has 1 aromatic rings. The molecule has 0 bridgehead atoms. The summed E-state index contributed by atoms with van der Waals surface area (Å²) in [5, 5.41) is 3.59. The molecule has 2 nitrogen and oxygen atoms in total. The average molecular weight is 254 g/mol. The minimum atomic E-state index is 0.341. The highest BCUT2D eigenvalue weighted by molar-refractivity contribution is 7.09. The van der Waals surface area contributed by atoms with Crippen molar-refractivity contribution in [2.24, 2.45) is 17.3 Å². The molecule has 0 spiro atoms. The number of hydrogen-bond donors (Lipinski definition) is 1. The number of rotatable bonds is 6. The zero-order chi connectivity index (χ0) is 12.9. The van der Waals surface area contributed by atoms with Crippen molar-refractivity contribution in [1.29, 1.82) is 0 Å². The number of aromatic nitrogens is 1. The maximum absolute atomic E-state index is 4.16. The first-order valence-electron chi connectivity index (χ1n) is 6.47. The van der Waals surface area contributed by atoms with Crippen LogP contribution < -0.4 is 5.32 Å². The van der Waals surface area contributed by atoms with Crippen molar-refractivity contribution in [1.82, 2.24) is 10.3 Å². The van der Waals surface area contributed by atoms with Crippen LogP contribution in [0.25, 0.3) is 0 Å². The lowest BCUT2D eigenvalue weighted by Crippen LogP contribution is -2.34. The van der Waals surface area contributed by atoms with Crippen LogP contribution in [0, 0.1) is 17.3 Å². The van der Waals surface area contributed by atoms with E-state index in [2.05, 4.69) is 44.9 Å². The molecule has 0 aliphatic carbocycles. The van der Waals surface area contributed by atoms with Crippen molar-refractivity contribution in [3.63, 3.8) is 0 Å². The Labute approximate surface area is 110 Å². The molecule has 0 aliphatic rings. The molecule has 0 radical (unpaired) electrons. The molecule has 0 aromatic carbocycles. The minimum Gasteiger partial charge on any atom is -0.316 e. The molecule has 1 rings (SSSR count). The van der Waals surface area contributed by atoms with E-state index < -0.39 is 0 Å². The van der Waals surface area contributed by atoms with Crippen LogP contribution in [-0.4, -0.2) is 18.1 Å². The fourth-order valence-corrected chi connectivity index (χ4v) is 2.49. The van der Waals surface area contributed by atoms with Gasteiger partial charge in [0.05, 0.1) is 5.51 Å². The fourth-order valence-electron chi connectivity index (χ4n) is 1.82. The van der Waals surface area contributed by atoms with Crippen molar-refractivity contribution in [2.45, 2.75) is 41.0 Å². The molecule has 1 unspecified atom stereocenters. The molecule has 1 atom stereocenters. The Kier molecular flexibility index (Phi) is 5.60. The molecule has 17 heavy (non-hydrogen) atoms. The van der Waals surface area contributed by atoms with Gasteiger partial charge >= 0.3 is 0 Å². The van der Waals surface area contributed by atoms with Crippen LogP contribution in [0.15, 0.2) is 11.7 Å². The van der Waals surface area contributed by atoms with Crippen LogP contribution >= 0.6 is 11.3 Å². The second-order valence-corrected chi connectivity index (χ2v) is 7.26. The fraction of sp³-hybridized carbons (Fsp3) is 0.786. The normalized spacial score (nSPS) is 14.2. The standard InChI is InChI=1S/C14H26N2S/c1-11(2)7-15-8-12(14(3,4)5)6-13-9-16-10-17-13/h9-12,15H,6-8H2,1-5H3. The molecule has 1 N–H and O–H groups in total. The topological polar surface area (TPSA) is 24.9 Å². The molecule has 0 aliphatic heterocycles. The zero-order valence-electron chi connectivity index (χ0n) is 11.8. The van der Waals surface area contributed by atoms with Gasteiger partial charge in [-0.25, -0.2) is 0 Å². The monoisotopic (exact) mass is 254 g/mol. The largest absolute Gasteiger partial charge is 0.316 e. The van der Waals surface area contributed by atoms with Gasteiger partial charge in [0, 0.05) is 11.1 Å². The van der Waals surface area contributed by atoms with Gasteiger partial charge in [-0.15, -0.1) is 11.3 Å². The maximum Gasteiger partial charge on any atom is 0.0794 e. The van der Waals surface area contributed by atoms with Crippen molar-refractivity contribution >= 4 is 11.3 Å². The van der Waals surface area contributed by atoms with Gasteiger partial charge < -0.3 is 5.32 Å². The summed E-state index contributed by atoms with van der Waals surface area (Å²) in [6.45, 7) is 13.7. The first-order chi connectivity index (χ1) is 7.89. The predicted octanol–water partition coefficient (Wildman–Crippen LogP) is 3.59. The smallest absolute Gasteiger partial charge is 0.0794 e. The van der Waals surface area contributed by atoms with E-state index >= 15 is 0 Å². The Bertz CT molecular complexity index is 299. The highest BCUT2D eigenvalue weighted by atomic mass is 32.1. The predicted molar refractivity (Wildman–Crippen MR) is 76.5 cm³/mol. The first-order valence-corrected chi connectivity index (χ1v) is 7.35. The van der Waals surface area contributed by atoms with Gasteiger partial charge in [0.25, 0.3) is 0 Å². The molecule has 1 heterocycles. The van der Waals surface area contributed by atoms with Gasteiger partial charge in [-0.05, 0) is 36.8 Å². The van der Waals surface area contributed by atoms with E-state index in [1.54, 1.807) is 11.3 Å². The third kappa shape index (κ3) is 5.64. The van der Waals surface area contributed by atoms with E-state index in [1.165, 1.54) is 4.88 Å². The Morgan fingerprint density at radius 3 is 2.47 bits per heavy atom. The molecule has 98 valence electrons. The van der Waals surface area contributed by atoms with Gasteiger partial charge in [0.15, 0.2) is 0 Å². The van der Waals surface area contributed by atoms with Crippen LogP contribution in [0.3, 0.4) is 0 Å². The average Bonchev–Trinajstić information content (AvgIpc) is 2.66. The van der Waals surface area contributed by atoms with Gasteiger partial charge in [-0.1, -0.05) is 34.6 Å². The Balaban J connectivity index is 2.50. The van der Waals surface area contributed by atoms with Crippen LogP contribution in [0.5, 0.6) is 0 Å². The van der Waals surface area contributed by atoms with E-state index in [-0.39, 0.29) is 0 Å². The second kappa shape index (κ2) is 6.50. The number of hydrogen-bond acceptors (Lipinski definition) is 3. The number of nitrogens with zero attached hydrogens (tertiary/aromatic N) is 1. The van der Waals surface area contributed by atoms with Gasteiger partial charge in [-0.2, -0.15) is 0 Å². The summed E-state index contributed by atoms with van der Waals surface area (Å²) in [5.74, 6) is 1.39. The highest BCUT2D eigenvalue weighted by Crippen LogP contribution is 2.29. The quantitative estimate of drug-likeness (QED) is 0.839. The second-order valence-electron chi connectivity index (χ2n) is 6.29. The molecule has 3 heteroatoms. The van der Waals surface area contributed by atoms with E-state index in [0.717, 1.165) is 25.4 Å². The lowest BCUT2D eigenvalue weighted by Gasteiger charge is -2.31. The van der Waals surface area contributed by atoms with Crippen molar-refractivity contribution in [3.05, 3.63) is 16.6 Å². The van der Waals surface area contributed by atoms with Crippen LogP contribution in [0.1, 0.15) is 39.5 Å². The maximum atomic E-state index is 4.16. The Morgan fingerprint density at radius 2 is 2.00 bits per heavy atom. The molecule has 0 fully saturated rings. The summed E-state index contributed by atoms with van der Waals surface area (Å²) in [5.41, 5.74) is 2.27. The summed E-state index contributed by atoms with van der Waals surface area (Å²) < 4.78 is 0. The Morgan fingerprint density at radius 1 is 1.29 bits per heavy atom. The summed E-state index contributed by atoms with van der Waals surface area (Å²) in [6, 6.07) is 0. The number of thiazole rings is 1. The van der Waals surface area contributed by atoms with Gasteiger partial charge in [-0.3, -0.25) is 4.98 Å². The summed E-state index contributed by atoms with van der Waals surface area (Å²) in [7, 11) is 0. The lowest BCUT2D eigenvalue weighted by atomic mass is 9.78. The van der Waals surface area contributed by atoms with E-state index in [1.807, 2.05) is 11.7 Å². The lowest BCUT2D eigenvalue weighted by molar-refractivity contribution is 0.229. The Hall–Kier alpha value is -0.410. The molecular formula is C14H26N2S. The molecule has 0 saturated carbocycles. The van der Waals surface area contributed by atoms with Crippen LogP contribution in [0.2, 0.25) is 0 Å². The van der Waals surface area contributed by atoms with Crippen molar-refractivity contribution in [2.75, 3.05) is 13.1 Å². The molecule has 1 aromatic heterocycles. The SMILES string of the molecule is CC(C)CNCC(Cc1cncs1)C(C)(C)C. The summed E-state index contributed by atoms with van der Waals surface area (Å²) >= 11 is 1.77. The minimum absolute atomic E-state index is 0.341. The van der Waals surface area contributed by atoms with Crippen LogP contribution in [0.4, 0.5) is 0 Å². The van der Waals surface area contributed by atoms with E-state index in [0.29, 0.717) is 11.3 Å². The van der Waals surface area contributed by atoms with Gasteiger partial charge in [0.2, 0.25) is 0 Å². The zero-order valence-corrected chi connectivity index (χ0v) is 12.6. The van der Waals surface area contributed by atoms with E-state index in [4.69, 9.17) is 0 Å².